The summed E-state index contributed by atoms with van der Waals surface area (Å²) in [6, 6.07) is 6.42. The van der Waals surface area contributed by atoms with E-state index in [0.29, 0.717) is 11.6 Å². The number of aryl methyl sites for hydroxylation is 2. The van der Waals surface area contributed by atoms with E-state index >= 15 is 0 Å². The normalized spacial score (nSPS) is 11.6. The molecule has 2 aromatic rings. The molecule has 6 heteroatoms. The van der Waals surface area contributed by atoms with Gasteiger partial charge in [-0.1, -0.05) is 17.7 Å². The molecule has 2 rings (SSSR count). The number of thiazole rings is 1. The standard InChI is InChI=1S/C16H22N2O2S2/c1-5-18(15-7-6-12(2)8-13(15)3)9-14-10-21-16(17-14)11-22(4,19)20/h6-8,10H,5,9,11H2,1-4H3. The van der Waals surface area contributed by atoms with Crippen LogP contribution in [0.5, 0.6) is 0 Å². The second-order valence-corrected chi connectivity index (χ2v) is 8.69. The zero-order valence-corrected chi connectivity index (χ0v) is 15.1. The van der Waals surface area contributed by atoms with E-state index in [9.17, 15) is 8.42 Å². The minimum absolute atomic E-state index is 0.0212. The van der Waals surface area contributed by atoms with E-state index in [-0.39, 0.29) is 5.75 Å². The van der Waals surface area contributed by atoms with E-state index in [2.05, 4.69) is 48.9 Å². The Labute approximate surface area is 136 Å². The van der Waals surface area contributed by atoms with Gasteiger partial charge >= 0.3 is 0 Å². The largest absolute Gasteiger partial charge is 0.366 e. The molecule has 0 N–H and O–H groups in total. The van der Waals surface area contributed by atoms with Crippen LogP contribution >= 0.6 is 11.3 Å². The maximum Gasteiger partial charge on any atom is 0.153 e. The molecule has 0 fully saturated rings. The van der Waals surface area contributed by atoms with Gasteiger partial charge in [0.25, 0.3) is 0 Å². The van der Waals surface area contributed by atoms with Crippen LogP contribution in [0, 0.1) is 13.8 Å². The lowest BCUT2D eigenvalue weighted by atomic mass is 10.1. The zero-order valence-electron chi connectivity index (χ0n) is 13.5. The summed E-state index contributed by atoms with van der Waals surface area (Å²) in [5.41, 5.74) is 4.62. The summed E-state index contributed by atoms with van der Waals surface area (Å²) in [5, 5.41) is 2.61. The van der Waals surface area contributed by atoms with E-state index in [4.69, 9.17) is 0 Å². The van der Waals surface area contributed by atoms with Gasteiger partial charge in [0, 0.05) is 23.9 Å². The van der Waals surface area contributed by atoms with Gasteiger partial charge in [-0.15, -0.1) is 11.3 Å². The smallest absolute Gasteiger partial charge is 0.153 e. The van der Waals surface area contributed by atoms with Crippen LogP contribution in [0.25, 0.3) is 0 Å². The highest BCUT2D eigenvalue weighted by atomic mass is 32.2. The van der Waals surface area contributed by atoms with Crippen molar-refractivity contribution >= 4 is 26.9 Å². The third kappa shape index (κ3) is 4.55. The van der Waals surface area contributed by atoms with Crippen molar-refractivity contribution in [3.8, 4) is 0 Å². The lowest BCUT2D eigenvalue weighted by Gasteiger charge is -2.24. The SMILES string of the molecule is CCN(Cc1csc(CS(C)(=O)=O)n1)c1ccc(C)cc1C. The Bertz CT molecular complexity index is 751. The van der Waals surface area contributed by atoms with Gasteiger partial charge in [-0.3, -0.25) is 0 Å². The summed E-state index contributed by atoms with van der Waals surface area (Å²) in [5.74, 6) is 0.0212. The second-order valence-electron chi connectivity index (χ2n) is 5.61. The molecular weight excluding hydrogens is 316 g/mol. The van der Waals surface area contributed by atoms with Crippen LogP contribution in [0.15, 0.2) is 23.6 Å². The summed E-state index contributed by atoms with van der Waals surface area (Å²) in [6.45, 7) is 7.89. The highest BCUT2D eigenvalue weighted by Crippen LogP contribution is 2.23. The molecule has 1 aromatic heterocycles. The Balaban J connectivity index is 2.17. The first-order chi connectivity index (χ1) is 10.3. The molecule has 0 radical (unpaired) electrons. The molecule has 0 spiro atoms. The summed E-state index contributed by atoms with van der Waals surface area (Å²) in [6.07, 6.45) is 1.24. The van der Waals surface area contributed by atoms with E-state index in [1.54, 1.807) is 0 Å². The first-order valence-corrected chi connectivity index (χ1v) is 10.2. The van der Waals surface area contributed by atoms with Crippen molar-refractivity contribution in [2.24, 2.45) is 0 Å². The first-order valence-electron chi connectivity index (χ1n) is 7.21. The van der Waals surface area contributed by atoms with Crippen molar-refractivity contribution in [1.29, 1.82) is 0 Å². The van der Waals surface area contributed by atoms with Crippen molar-refractivity contribution in [2.45, 2.75) is 33.1 Å². The Morgan fingerprint density at radius 1 is 1.27 bits per heavy atom. The fraction of sp³-hybridized carbons (Fsp3) is 0.438. The number of aromatic nitrogens is 1. The molecular formula is C16H22N2O2S2. The highest BCUT2D eigenvalue weighted by Gasteiger charge is 2.13. The number of anilines is 1. The Morgan fingerprint density at radius 3 is 2.59 bits per heavy atom. The van der Waals surface area contributed by atoms with Crippen molar-refractivity contribution in [2.75, 3.05) is 17.7 Å². The summed E-state index contributed by atoms with van der Waals surface area (Å²) >= 11 is 1.41. The molecule has 0 saturated carbocycles. The molecule has 0 aliphatic heterocycles. The molecule has 0 atom stereocenters. The summed E-state index contributed by atoms with van der Waals surface area (Å²) in [7, 11) is -3.03. The van der Waals surface area contributed by atoms with Crippen LogP contribution in [0.3, 0.4) is 0 Å². The Morgan fingerprint density at radius 2 is 2.00 bits per heavy atom. The van der Waals surface area contributed by atoms with Gasteiger partial charge < -0.3 is 4.90 Å². The molecule has 4 nitrogen and oxygen atoms in total. The molecule has 0 saturated heterocycles. The number of sulfone groups is 1. The van der Waals surface area contributed by atoms with E-state index in [1.165, 1.54) is 34.4 Å². The van der Waals surface area contributed by atoms with E-state index in [0.717, 1.165) is 12.2 Å². The van der Waals surface area contributed by atoms with Gasteiger partial charge in [-0.05, 0) is 32.4 Å². The molecule has 0 aliphatic rings. The van der Waals surface area contributed by atoms with Gasteiger partial charge in [0.2, 0.25) is 0 Å². The number of hydrogen-bond donors (Lipinski definition) is 0. The molecule has 0 unspecified atom stereocenters. The number of nitrogens with zero attached hydrogens (tertiary/aromatic N) is 2. The lowest BCUT2D eigenvalue weighted by molar-refractivity contribution is 0.601. The van der Waals surface area contributed by atoms with Crippen molar-refractivity contribution < 1.29 is 8.42 Å². The summed E-state index contributed by atoms with van der Waals surface area (Å²) in [4.78, 5) is 6.71. The van der Waals surface area contributed by atoms with Gasteiger partial charge in [0.05, 0.1) is 12.2 Å². The van der Waals surface area contributed by atoms with Crippen LogP contribution in [-0.2, 0) is 22.1 Å². The van der Waals surface area contributed by atoms with Crippen LogP contribution in [0.1, 0.15) is 28.8 Å². The van der Waals surface area contributed by atoms with Crippen molar-refractivity contribution in [1.82, 2.24) is 4.98 Å². The van der Waals surface area contributed by atoms with Gasteiger partial charge in [0.15, 0.2) is 9.84 Å². The summed E-state index contributed by atoms with van der Waals surface area (Å²) < 4.78 is 22.7. The fourth-order valence-electron chi connectivity index (χ4n) is 2.44. The quantitative estimate of drug-likeness (QED) is 0.811. The Kier molecular flexibility index (Phi) is 5.24. The van der Waals surface area contributed by atoms with E-state index < -0.39 is 9.84 Å². The monoisotopic (exact) mass is 338 g/mol. The second kappa shape index (κ2) is 6.79. The molecule has 0 aliphatic carbocycles. The highest BCUT2D eigenvalue weighted by molar-refractivity contribution is 7.90. The van der Waals surface area contributed by atoms with Crippen molar-refractivity contribution in [3.63, 3.8) is 0 Å². The minimum atomic E-state index is -3.03. The molecule has 0 amide bonds. The predicted molar refractivity (Wildman–Crippen MR) is 93.3 cm³/mol. The van der Waals surface area contributed by atoms with Gasteiger partial charge in [0.1, 0.15) is 10.8 Å². The number of rotatable bonds is 6. The van der Waals surface area contributed by atoms with Gasteiger partial charge in [-0.2, -0.15) is 0 Å². The lowest BCUT2D eigenvalue weighted by Crippen LogP contribution is -2.23. The predicted octanol–water partition coefficient (Wildman–Crippen LogP) is 3.33. The first kappa shape index (κ1) is 17.0. The molecule has 22 heavy (non-hydrogen) atoms. The van der Waals surface area contributed by atoms with Crippen LogP contribution in [0.4, 0.5) is 5.69 Å². The molecule has 1 aromatic carbocycles. The van der Waals surface area contributed by atoms with E-state index in [1.807, 2.05) is 5.38 Å². The minimum Gasteiger partial charge on any atom is -0.366 e. The third-order valence-corrected chi connectivity index (χ3v) is 5.29. The van der Waals surface area contributed by atoms with Gasteiger partial charge in [-0.25, -0.2) is 13.4 Å². The van der Waals surface area contributed by atoms with Crippen LogP contribution in [0.2, 0.25) is 0 Å². The molecule has 0 bridgehead atoms. The number of benzene rings is 1. The number of hydrogen-bond acceptors (Lipinski definition) is 5. The molecule has 1 heterocycles. The van der Waals surface area contributed by atoms with Crippen LogP contribution in [-0.4, -0.2) is 26.2 Å². The maximum absolute atomic E-state index is 11.3. The van der Waals surface area contributed by atoms with Crippen molar-refractivity contribution in [3.05, 3.63) is 45.4 Å². The van der Waals surface area contributed by atoms with Crippen LogP contribution < -0.4 is 4.90 Å². The zero-order chi connectivity index (χ0) is 16.3. The fourth-order valence-corrected chi connectivity index (χ4v) is 4.43. The topological polar surface area (TPSA) is 50.3 Å². The Hall–Kier alpha value is -1.40. The maximum atomic E-state index is 11.3. The molecule has 120 valence electrons. The average Bonchev–Trinajstić information content (AvgIpc) is 2.81. The third-order valence-electron chi connectivity index (χ3n) is 3.41. The average molecular weight is 338 g/mol.